The normalized spacial score (nSPS) is 14.9. The number of carbonyl (C=O) groups excluding carboxylic acids is 1. The number of unbranched alkanes of at least 4 members (excludes halogenated alkanes) is 8. The number of phenols is 1. The van der Waals surface area contributed by atoms with E-state index in [1.165, 1.54) is 44.9 Å². The molecule has 0 radical (unpaired) electrons. The number of hydrogen-bond donors (Lipinski definition) is 1. The average molecular weight is 455 g/mol. The maximum atomic E-state index is 12.3. The zero-order valence-corrected chi connectivity index (χ0v) is 20.1. The molecule has 2 aromatic carbocycles. The molecule has 3 rings (SSSR count). The van der Waals surface area contributed by atoms with Crippen molar-refractivity contribution in [2.24, 2.45) is 0 Å². The average Bonchev–Trinajstić information content (AvgIpc) is 2.82. The van der Waals surface area contributed by atoms with Crippen LogP contribution in [0.5, 0.6) is 23.0 Å². The highest BCUT2D eigenvalue weighted by atomic mass is 16.5. The van der Waals surface area contributed by atoms with Crippen molar-refractivity contribution >= 4 is 5.97 Å². The number of carbonyl (C=O) groups is 1. The molecule has 1 aliphatic heterocycles. The van der Waals surface area contributed by atoms with Gasteiger partial charge in [-0.05, 0) is 43.0 Å². The molecule has 1 atom stereocenters. The molecule has 0 saturated heterocycles. The summed E-state index contributed by atoms with van der Waals surface area (Å²) in [4.78, 5) is 12.3. The molecule has 0 spiro atoms. The molecule has 0 aromatic heterocycles. The molecule has 5 heteroatoms. The molecule has 1 unspecified atom stereocenters. The minimum atomic E-state index is -0.203. The fraction of sp³-hybridized carbons (Fsp3) is 0.536. The first-order valence-electron chi connectivity index (χ1n) is 12.5. The van der Waals surface area contributed by atoms with Crippen molar-refractivity contribution in [3.63, 3.8) is 0 Å². The summed E-state index contributed by atoms with van der Waals surface area (Å²) < 4.78 is 17.2. The summed E-state index contributed by atoms with van der Waals surface area (Å²) in [6, 6.07) is 10.7. The van der Waals surface area contributed by atoms with Crippen LogP contribution in [0.2, 0.25) is 0 Å². The highest BCUT2D eigenvalue weighted by molar-refractivity contribution is 5.72. The number of aryl methyl sites for hydroxylation is 1. The van der Waals surface area contributed by atoms with Crippen LogP contribution in [0.4, 0.5) is 0 Å². The number of aromatic hydroxyl groups is 1. The van der Waals surface area contributed by atoms with Crippen LogP contribution in [0.15, 0.2) is 36.4 Å². The molecular weight excluding hydrogens is 416 g/mol. The molecule has 1 N–H and O–H groups in total. The Labute approximate surface area is 198 Å². The Hall–Kier alpha value is -2.69. The van der Waals surface area contributed by atoms with Crippen LogP contribution < -0.4 is 14.2 Å². The minimum Gasteiger partial charge on any atom is -0.508 e. The molecule has 0 aliphatic carbocycles. The largest absolute Gasteiger partial charge is 0.508 e. The summed E-state index contributed by atoms with van der Waals surface area (Å²) in [6.45, 7) is 2.24. The summed E-state index contributed by atoms with van der Waals surface area (Å²) in [5, 5.41) is 9.76. The second kappa shape index (κ2) is 13.1. The van der Waals surface area contributed by atoms with Crippen LogP contribution in [-0.4, -0.2) is 18.2 Å². The Morgan fingerprint density at radius 2 is 1.73 bits per heavy atom. The fourth-order valence-electron chi connectivity index (χ4n) is 4.36. The zero-order valence-electron chi connectivity index (χ0n) is 20.1. The van der Waals surface area contributed by atoms with Gasteiger partial charge in [0.2, 0.25) is 0 Å². The van der Waals surface area contributed by atoms with E-state index in [-0.39, 0.29) is 17.8 Å². The zero-order chi connectivity index (χ0) is 23.5. The van der Waals surface area contributed by atoms with Crippen LogP contribution in [0, 0.1) is 0 Å². The predicted octanol–water partition coefficient (Wildman–Crippen LogP) is 7.29. The molecule has 0 bridgehead atoms. The number of rotatable bonds is 13. The van der Waals surface area contributed by atoms with Crippen molar-refractivity contribution < 1.29 is 24.1 Å². The number of fused-ring (bicyclic) bond motifs is 1. The van der Waals surface area contributed by atoms with Crippen molar-refractivity contribution in [1.82, 2.24) is 0 Å². The fourth-order valence-corrected chi connectivity index (χ4v) is 4.36. The molecular formula is C28H38O5. The maximum absolute atomic E-state index is 12.3. The third-order valence-corrected chi connectivity index (χ3v) is 6.26. The van der Waals surface area contributed by atoms with Gasteiger partial charge in [0.25, 0.3) is 0 Å². The lowest BCUT2D eigenvalue weighted by atomic mass is 9.96. The topological polar surface area (TPSA) is 65.0 Å². The van der Waals surface area contributed by atoms with Gasteiger partial charge in [0.15, 0.2) is 0 Å². The summed E-state index contributed by atoms with van der Waals surface area (Å²) in [7, 11) is 1.61. The number of methoxy groups -OCH3 is 1. The molecule has 1 aliphatic rings. The second-order valence-corrected chi connectivity index (χ2v) is 8.89. The van der Waals surface area contributed by atoms with Gasteiger partial charge in [0.1, 0.15) is 29.1 Å². The van der Waals surface area contributed by atoms with E-state index in [1.807, 2.05) is 12.1 Å². The molecule has 0 amide bonds. The Balaban J connectivity index is 1.45. The molecule has 1 heterocycles. The Morgan fingerprint density at radius 3 is 2.45 bits per heavy atom. The molecule has 2 aromatic rings. The number of benzene rings is 2. The molecule has 33 heavy (non-hydrogen) atoms. The van der Waals surface area contributed by atoms with Gasteiger partial charge in [0.05, 0.1) is 7.11 Å². The van der Waals surface area contributed by atoms with Crippen molar-refractivity contribution in [2.45, 2.75) is 90.1 Å². The Bertz CT molecular complexity index is 892. The first-order valence-corrected chi connectivity index (χ1v) is 12.5. The highest BCUT2D eigenvalue weighted by Crippen LogP contribution is 2.40. The van der Waals surface area contributed by atoms with Crippen LogP contribution in [0.1, 0.15) is 94.8 Å². The lowest BCUT2D eigenvalue weighted by molar-refractivity contribution is -0.134. The van der Waals surface area contributed by atoms with Crippen LogP contribution in [-0.2, 0) is 11.2 Å². The van der Waals surface area contributed by atoms with Crippen molar-refractivity contribution in [3.8, 4) is 23.0 Å². The lowest BCUT2D eigenvalue weighted by Gasteiger charge is -2.27. The van der Waals surface area contributed by atoms with Crippen molar-refractivity contribution in [1.29, 1.82) is 0 Å². The van der Waals surface area contributed by atoms with E-state index in [0.717, 1.165) is 36.8 Å². The standard InChI is InChI=1S/C28H38O5/c1-3-4-5-6-7-8-9-10-11-12-28(30)32-23-16-17-24(27(20-23)31-2)25-18-14-21-13-15-22(29)19-26(21)33-25/h13,15-17,19-20,25,29H,3-12,14,18H2,1-2H3. The van der Waals surface area contributed by atoms with Gasteiger partial charge in [-0.25, -0.2) is 0 Å². The number of esters is 1. The Kier molecular flexibility index (Phi) is 9.92. The lowest BCUT2D eigenvalue weighted by Crippen LogP contribution is -2.16. The van der Waals surface area contributed by atoms with Crippen LogP contribution >= 0.6 is 0 Å². The van der Waals surface area contributed by atoms with Crippen molar-refractivity contribution in [3.05, 3.63) is 47.5 Å². The van der Waals surface area contributed by atoms with Gasteiger partial charge in [0, 0.05) is 24.1 Å². The van der Waals surface area contributed by atoms with Gasteiger partial charge < -0.3 is 19.3 Å². The second-order valence-electron chi connectivity index (χ2n) is 8.89. The summed E-state index contributed by atoms with van der Waals surface area (Å²) in [6.07, 6.45) is 12.9. The molecule has 0 saturated carbocycles. The van der Waals surface area contributed by atoms with E-state index >= 15 is 0 Å². The van der Waals surface area contributed by atoms with Gasteiger partial charge in [-0.3, -0.25) is 4.79 Å². The van der Waals surface area contributed by atoms with Gasteiger partial charge in [-0.15, -0.1) is 0 Å². The van der Waals surface area contributed by atoms with Gasteiger partial charge in [-0.2, -0.15) is 0 Å². The van der Waals surface area contributed by atoms with Crippen LogP contribution in [0.3, 0.4) is 0 Å². The first-order chi connectivity index (χ1) is 16.1. The SMILES string of the molecule is CCCCCCCCCCCC(=O)Oc1ccc(C2CCc3ccc(O)cc3O2)c(OC)c1. The van der Waals surface area contributed by atoms with E-state index in [4.69, 9.17) is 14.2 Å². The monoisotopic (exact) mass is 454 g/mol. The van der Waals surface area contributed by atoms with Gasteiger partial charge in [-0.1, -0.05) is 64.4 Å². The van der Waals surface area contributed by atoms with E-state index in [2.05, 4.69) is 6.92 Å². The van der Waals surface area contributed by atoms with E-state index < -0.39 is 0 Å². The Morgan fingerprint density at radius 1 is 1.00 bits per heavy atom. The minimum absolute atomic E-state index is 0.180. The number of hydrogen-bond acceptors (Lipinski definition) is 5. The third-order valence-electron chi connectivity index (χ3n) is 6.26. The molecule has 180 valence electrons. The number of ether oxygens (including phenoxy) is 3. The predicted molar refractivity (Wildman–Crippen MR) is 130 cm³/mol. The third kappa shape index (κ3) is 7.69. The van der Waals surface area contributed by atoms with Crippen molar-refractivity contribution in [2.75, 3.05) is 7.11 Å². The maximum Gasteiger partial charge on any atom is 0.311 e. The molecule has 5 nitrogen and oxygen atoms in total. The molecule has 0 fully saturated rings. The number of phenolic OH excluding ortho intramolecular Hbond substituents is 1. The summed E-state index contributed by atoms with van der Waals surface area (Å²) in [5.74, 6) is 1.81. The smallest absolute Gasteiger partial charge is 0.311 e. The van der Waals surface area contributed by atoms with Crippen LogP contribution in [0.25, 0.3) is 0 Å². The van der Waals surface area contributed by atoms with Gasteiger partial charge >= 0.3 is 5.97 Å². The van der Waals surface area contributed by atoms with E-state index in [0.29, 0.717) is 23.7 Å². The quantitative estimate of drug-likeness (QED) is 0.195. The summed E-state index contributed by atoms with van der Waals surface area (Å²) in [5.41, 5.74) is 2.00. The first kappa shape index (κ1) is 24.9. The summed E-state index contributed by atoms with van der Waals surface area (Å²) >= 11 is 0. The highest BCUT2D eigenvalue weighted by Gasteiger charge is 2.25. The van der Waals surface area contributed by atoms with E-state index in [1.54, 1.807) is 31.4 Å². The van der Waals surface area contributed by atoms with E-state index in [9.17, 15) is 9.90 Å².